The van der Waals surface area contributed by atoms with E-state index in [1.165, 1.54) is 11.3 Å². The molecular formula is C27H28N2O5S. The first kappa shape index (κ1) is 24.5. The summed E-state index contributed by atoms with van der Waals surface area (Å²) in [5.74, 6) is -1.43. The molecule has 182 valence electrons. The van der Waals surface area contributed by atoms with Gasteiger partial charge in [0.25, 0.3) is 0 Å². The number of nitrogens with zero attached hydrogens (tertiary/aromatic N) is 1. The first-order valence-corrected chi connectivity index (χ1v) is 12.5. The number of rotatable bonds is 8. The molecule has 0 aliphatic carbocycles. The van der Waals surface area contributed by atoms with Crippen LogP contribution < -0.4 is 5.32 Å². The largest absolute Gasteiger partial charge is 0.478 e. The maximum absolute atomic E-state index is 12.6. The summed E-state index contributed by atoms with van der Waals surface area (Å²) in [7, 11) is 0. The number of amides is 2. The summed E-state index contributed by atoms with van der Waals surface area (Å²) >= 11 is 1.32. The minimum atomic E-state index is -1.08. The van der Waals surface area contributed by atoms with E-state index in [0.717, 1.165) is 24.0 Å². The number of carboxylic acid groups (broad SMARTS) is 1. The molecule has 1 fully saturated rings. The summed E-state index contributed by atoms with van der Waals surface area (Å²) in [5, 5.41) is 14.4. The Balaban J connectivity index is 1.39. The highest BCUT2D eigenvalue weighted by atomic mass is 32.1. The van der Waals surface area contributed by atoms with E-state index in [9.17, 15) is 19.5 Å². The topological polar surface area (TPSA) is 95.9 Å². The zero-order valence-electron chi connectivity index (χ0n) is 19.3. The van der Waals surface area contributed by atoms with Crippen molar-refractivity contribution in [3.05, 3.63) is 87.6 Å². The highest BCUT2D eigenvalue weighted by Gasteiger charge is 2.31. The number of hydrogen-bond acceptors (Lipinski definition) is 5. The molecule has 1 unspecified atom stereocenters. The SMILES string of the molecule is O=C(CCc1ccccc1)Nc1csc(C2CCCN(C(=O)OCc3ccccc3)C2)c1C(=O)O. The number of thiophene rings is 1. The first-order chi connectivity index (χ1) is 17.0. The molecule has 35 heavy (non-hydrogen) atoms. The van der Waals surface area contributed by atoms with Gasteiger partial charge in [-0.1, -0.05) is 60.7 Å². The average molecular weight is 493 g/mol. The number of aryl methyl sites for hydroxylation is 1. The van der Waals surface area contributed by atoms with E-state index in [1.807, 2.05) is 60.7 Å². The van der Waals surface area contributed by atoms with Gasteiger partial charge in [-0.15, -0.1) is 11.3 Å². The standard InChI is InChI=1S/C27H28N2O5S/c30-23(14-13-19-8-3-1-4-9-19)28-22-18-35-25(24(22)26(31)32)21-12-7-15-29(16-21)27(33)34-17-20-10-5-2-6-11-20/h1-6,8-11,18,21H,7,12-17H2,(H,28,30)(H,31,32). The normalized spacial score (nSPS) is 15.4. The van der Waals surface area contributed by atoms with Crippen molar-refractivity contribution >= 4 is 35.0 Å². The van der Waals surface area contributed by atoms with E-state index in [4.69, 9.17) is 4.74 Å². The lowest BCUT2D eigenvalue weighted by Crippen LogP contribution is -2.39. The minimum Gasteiger partial charge on any atom is -0.478 e. The summed E-state index contributed by atoms with van der Waals surface area (Å²) in [5.41, 5.74) is 2.40. The van der Waals surface area contributed by atoms with Gasteiger partial charge in [0.2, 0.25) is 5.91 Å². The molecule has 2 heterocycles. The molecule has 4 rings (SSSR count). The predicted octanol–water partition coefficient (Wildman–Crippen LogP) is 5.53. The van der Waals surface area contributed by atoms with Gasteiger partial charge in [-0.3, -0.25) is 4.79 Å². The summed E-state index contributed by atoms with van der Waals surface area (Å²) in [6.07, 6.45) is 1.96. The Labute approximate surface area is 208 Å². The van der Waals surface area contributed by atoms with E-state index in [1.54, 1.807) is 10.3 Å². The molecule has 8 heteroatoms. The maximum Gasteiger partial charge on any atom is 0.410 e. The molecule has 1 atom stereocenters. The molecule has 7 nitrogen and oxygen atoms in total. The number of piperidine rings is 1. The van der Waals surface area contributed by atoms with Crippen molar-refractivity contribution in [2.24, 2.45) is 0 Å². The van der Waals surface area contributed by atoms with Gasteiger partial charge in [-0.25, -0.2) is 9.59 Å². The lowest BCUT2D eigenvalue weighted by atomic mass is 9.94. The maximum atomic E-state index is 12.6. The number of carbonyl (C=O) groups excluding carboxylic acids is 2. The number of carboxylic acids is 1. The van der Waals surface area contributed by atoms with Crippen LogP contribution in [0.4, 0.5) is 10.5 Å². The lowest BCUT2D eigenvalue weighted by molar-refractivity contribution is -0.116. The van der Waals surface area contributed by atoms with E-state index < -0.39 is 12.1 Å². The van der Waals surface area contributed by atoms with Crippen molar-refractivity contribution < 1.29 is 24.2 Å². The molecule has 2 aromatic carbocycles. The third-order valence-electron chi connectivity index (χ3n) is 6.05. The molecule has 1 saturated heterocycles. The molecule has 0 spiro atoms. The second-order valence-electron chi connectivity index (χ2n) is 8.55. The number of ether oxygens (including phenoxy) is 1. The van der Waals surface area contributed by atoms with Crippen LogP contribution in [0.15, 0.2) is 66.0 Å². The van der Waals surface area contributed by atoms with E-state index in [0.29, 0.717) is 30.1 Å². The molecule has 0 saturated carbocycles. The summed E-state index contributed by atoms with van der Waals surface area (Å²) in [4.78, 5) is 39.6. The van der Waals surface area contributed by atoms with Crippen LogP contribution in [0, 0.1) is 0 Å². The highest BCUT2D eigenvalue weighted by molar-refractivity contribution is 7.11. The van der Waals surface area contributed by atoms with Crippen molar-refractivity contribution in [3.8, 4) is 0 Å². The second-order valence-corrected chi connectivity index (χ2v) is 9.46. The molecule has 3 aromatic rings. The van der Waals surface area contributed by atoms with Crippen molar-refractivity contribution in [1.29, 1.82) is 0 Å². The number of carbonyl (C=O) groups is 3. The van der Waals surface area contributed by atoms with Gasteiger partial charge >= 0.3 is 12.1 Å². The molecular weight excluding hydrogens is 464 g/mol. The van der Waals surface area contributed by atoms with Gasteiger partial charge in [0.05, 0.1) is 11.3 Å². The Morgan fingerprint density at radius 3 is 2.40 bits per heavy atom. The zero-order valence-corrected chi connectivity index (χ0v) is 20.1. The van der Waals surface area contributed by atoms with Gasteiger partial charge in [-0.05, 0) is 30.4 Å². The third kappa shape index (κ3) is 6.48. The van der Waals surface area contributed by atoms with Crippen molar-refractivity contribution in [3.63, 3.8) is 0 Å². The number of benzene rings is 2. The monoisotopic (exact) mass is 492 g/mol. The smallest absolute Gasteiger partial charge is 0.410 e. The van der Waals surface area contributed by atoms with Crippen LogP contribution in [0.5, 0.6) is 0 Å². The van der Waals surface area contributed by atoms with Gasteiger partial charge in [0.15, 0.2) is 0 Å². The highest BCUT2D eigenvalue weighted by Crippen LogP contribution is 2.38. The fourth-order valence-corrected chi connectivity index (χ4v) is 5.39. The third-order valence-corrected chi connectivity index (χ3v) is 7.19. The van der Waals surface area contributed by atoms with Gasteiger partial charge in [0, 0.05) is 35.7 Å². The zero-order chi connectivity index (χ0) is 24.6. The predicted molar refractivity (Wildman–Crippen MR) is 135 cm³/mol. The van der Waals surface area contributed by atoms with Crippen LogP contribution in [0.25, 0.3) is 0 Å². The number of aromatic carboxylic acids is 1. The summed E-state index contributed by atoms with van der Waals surface area (Å²) in [6, 6.07) is 19.2. The lowest BCUT2D eigenvalue weighted by Gasteiger charge is -2.32. The molecule has 1 aliphatic rings. The van der Waals surface area contributed by atoms with Crippen molar-refractivity contribution in [2.45, 2.75) is 38.2 Å². The summed E-state index contributed by atoms with van der Waals surface area (Å²) in [6.45, 7) is 1.15. The van der Waals surface area contributed by atoms with Crippen LogP contribution >= 0.6 is 11.3 Å². The number of likely N-dealkylation sites (tertiary alicyclic amines) is 1. The fourth-order valence-electron chi connectivity index (χ4n) is 4.27. The minimum absolute atomic E-state index is 0.118. The number of anilines is 1. The fraction of sp³-hybridized carbons (Fsp3) is 0.296. The van der Waals surface area contributed by atoms with Crippen molar-refractivity contribution in [1.82, 2.24) is 4.90 Å². The van der Waals surface area contributed by atoms with Crippen LogP contribution in [0.1, 0.15) is 51.5 Å². The van der Waals surface area contributed by atoms with Crippen LogP contribution in [-0.2, 0) is 22.6 Å². The molecule has 1 aromatic heterocycles. The molecule has 0 radical (unpaired) electrons. The Morgan fingerprint density at radius 1 is 1.03 bits per heavy atom. The van der Waals surface area contributed by atoms with E-state index in [2.05, 4.69) is 5.32 Å². The van der Waals surface area contributed by atoms with Crippen molar-refractivity contribution in [2.75, 3.05) is 18.4 Å². The molecule has 0 bridgehead atoms. The molecule has 2 N–H and O–H groups in total. The molecule has 2 amide bonds. The quantitative estimate of drug-likeness (QED) is 0.431. The van der Waals surface area contributed by atoms with Gasteiger partial charge in [0.1, 0.15) is 6.61 Å². The van der Waals surface area contributed by atoms with E-state index in [-0.39, 0.29) is 30.4 Å². The Kier molecular flexibility index (Phi) is 8.15. The Bertz CT molecular complexity index is 1160. The first-order valence-electron chi connectivity index (χ1n) is 11.7. The Hall–Kier alpha value is -3.65. The second kappa shape index (κ2) is 11.7. The number of hydrogen-bond donors (Lipinski definition) is 2. The van der Waals surface area contributed by atoms with Crippen LogP contribution in [0.3, 0.4) is 0 Å². The van der Waals surface area contributed by atoms with Crippen LogP contribution in [0.2, 0.25) is 0 Å². The Morgan fingerprint density at radius 2 is 1.71 bits per heavy atom. The van der Waals surface area contributed by atoms with Crippen LogP contribution in [-0.4, -0.2) is 41.1 Å². The van der Waals surface area contributed by atoms with Gasteiger partial charge in [-0.2, -0.15) is 0 Å². The number of nitrogens with one attached hydrogen (secondary N) is 1. The van der Waals surface area contributed by atoms with E-state index >= 15 is 0 Å². The molecule has 1 aliphatic heterocycles. The summed E-state index contributed by atoms with van der Waals surface area (Å²) < 4.78 is 5.47. The average Bonchev–Trinajstić information content (AvgIpc) is 3.31. The van der Waals surface area contributed by atoms with Gasteiger partial charge < -0.3 is 20.1 Å².